The highest BCUT2D eigenvalue weighted by atomic mass is 16.2. The minimum Gasteiger partial charge on any atom is -0.273 e. The molecule has 1 rings (SSSR count). The molecule has 0 unspecified atom stereocenters. The summed E-state index contributed by atoms with van der Waals surface area (Å²) in [4.78, 5) is 22.4. The molecule has 0 atom stereocenters. The van der Waals surface area contributed by atoms with E-state index in [0.717, 1.165) is 25.7 Å². The molecule has 0 aliphatic heterocycles. The van der Waals surface area contributed by atoms with Crippen LogP contribution in [0.25, 0.3) is 0 Å². The maximum atomic E-state index is 11.5. The average molecular weight is 198 g/mol. The zero-order valence-corrected chi connectivity index (χ0v) is 8.64. The number of hydrogen-bond donors (Lipinski definition) is 2. The van der Waals surface area contributed by atoms with Gasteiger partial charge in [-0.25, -0.2) is 0 Å². The normalized spacial score (nSPS) is 17.5. The maximum absolute atomic E-state index is 11.5. The first-order valence-corrected chi connectivity index (χ1v) is 5.32. The minimum atomic E-state index is -0.144. The summed E-state index contributed by atoms with van der Waals surface area (Å²) in [6, 6.07) is 0. The Hall–Kier alpha value is -1.06. The van der Waals surface area contributed by atoms with E-state index in [0.29, 0.717) is 6.42 Å². The van der Waals surface area contributed by atoms with Gasteiger partial charge in [-0.15, -0.1) is 0 Å². The van der Waals surface area contributed by atoms with Crippen molar-refractivity contribution >= 4 is 11.8 Å². The summed E-state index contributed by atoms with van der Waals surface area (Å²) in [6.07, 6.45) is 5.78. The second kappa shape index (κ2) is 5.62. The van der Waals surface area contributed by atoms with E-state index in [1.54, 1.807) is 6.92 Å². The lowest BCUT2D eigenvalue weighted by Gasteiger charge is -2.20. The van der Waals surface area contributed by atoms with Crippen molar-refractivity contribution in [2.45, 2.75) is 45.4 Å². The Bertz CT molecular complexity index is 210. The topological polar surface area (TPSA) is 58.2 Å². The Morgan fingerprint density at radius 3 is 2.36 bits per heavy atom. The smallest absolute Gasteiger partial charge is 0.241 e. The van der Waals surface area contributed by atoms with Crippen LogP contribution in [-0.4, -0.2) is 11.8 Å². The molecule has 0 aromatic carbocycles. The van der Waals surface area contributed by atoms with E-state index in [2.05, 4.69) is 10.9 Å². The monoisotopic (exact) mass is 198 g/mol. The van der Waals surface area contributed by atoms with E-state index in [4.69, 9.17) is 0 Å². The molecule has 0 spiro atoms. The van der Waals surface area contributed by atoms with E-state index in [1.165, 1.54) is 6.42 Å². The zero-order valence-electron chi connectivity index (χ0n) is 8.64. The fraction of sp³-hybridized carbons (Fsp3) is 0.800. The Kier molecular flexibility index (Phi) is 4.43. The van der Waals surface area contributed by atoms with Crippen LogP contribution in [-0.2, 0) is 9.59 Å². The van der Waals surface area contributed by atoms with E-state index in [1.807, 2.05) is 0 Å². The van der Waals surface area contributed by atoms with Crippen molar-refractivity contribution in [3.63, 3.8) is 0 Å². The highest BCUT2D eigenvalue weighted by Gasteiger charge is 2.20. The molecule has 4 nitrogen and oxygen atoms in total. The second-order valence-electron chi connectivity index (χ2n) is 3.73. The molecule has 1 saturated carbocycles. The zero-order chi connectivity index (χ0) is 10.4. The Labute approximate surface area is 84.4 Å². The third kappa shape index (κ3) is 3.36. The molecule has 0 aromatic heterocycles. The van der Waals surface area contributed by atoms with Gasteiger partial charge in [0.2, 0.25) is 11.8 Å². The van der Waals surface area contributed by atoms with E-state index in [9.17, 15) is 9.59 Å². The molecule has 4 heteroatoms. The highest BCUT2D eigenvalue weighted by Crippen LogP contribution is 2.23. The molecule has 1 fully saturated rings. The third-order valence-corrected chi connectivity index (χ3v) is 2.62. The minimum absolute atomic E-state index is 0.0356. The SMILES string of the molecule is CCC(=O)NNC(=O)C1CCCCC1. The number of rotatable bonds is 2. The van der Waals surface area contributed by atoms with Crippen LogP contribution < -0.4 is 10.9 Å². The van der Waals surface area contributed by atoms with Crippen LogP contribution in [0.2, 0.25) is 0 Å². The molecular weight excluding hydrogens is 180 g/mol. The molecule has 80 valence electrons. The van der Waals surface area contributed by atoms with Crippen molar-refractivity contribution in [3.8, 4) is 0 Å². The van der Waals surface area contributed by atoms with Crippen LogP contribution in [0.4, 0.5) is 0 Å². The van der Waals surface area contributed by atoms with Crippen molar-refractivity contribution in [2.75, 3.05) is 0 Å². The van der Waals surface area contributed by atoms with Crippen LogP contribution in [0.1, 0.15) is 45.4 Å². The molecule has 0 heterocycles. The van der Waals surface area contributed by atoms with Gasteiger partial charge >= 0.3 is 0 Å². The van der Waals surface area contributed by atoms with E-state index < -0.39 is 0 Å². The summed E-state index contributed by atoms with van der Waals surface area (Å²) >= 11 is 0. The molecule has 2 amide bonds. The van der Waals surface area contributed by atoms with Crippen molar-refractivity contribution in [1.29, 1.82) is 0 Å². The second-order valence-corrected chi connectivity index (χ2v) is 3.73. The molecule has 0 bridgehead atoms. The van der Waals surface area contributed by atoms with Crippen LogP contribution in [0.5, 0.6) is 0 Å². The van der Waals surface area contributed by atoms with Crippen molar-refractivity contribution in [1.82, 2.24) is 10.9 Å². The summed E-state index contributed by atoms with van der Waals surface area (Å²) < 4.78 is 0. The van der Waals surface area contributed by atoms with E-state index >= 15 is 0 Å². The summed E-state index contributed by atoms with van der Waals surface area (Å²) in [5.41, 5.74) is 4.86. The van der Waals surface area contributed by atoms with Crippen LogP contribution in [0.15, 0.2) is 0 Å². The lowest BCUT2D eigenvalue weighted by Crippen LogP contribution is -2.44. The molecular formula is C10H18N2O2. The van der Waals surface area contributed by atoms with Gasteiger partial charge in [0, 0.05) is 12.3 Å². The first kappa shape index (κ1) is 11.0. The lowest BCUT2D eigenvalue weighted by atomic mass is 9.89. The molecule has 0 radical (unpaired) electrons. The van der Waals surface area contributed by atoms with Gasteiger partial charge < -0.3 is 0 Å². The molecule has 1 aliphatic rings. The first-order valence-electron chi connectivity index (χ1n) is 5.32. The number of carbonyl (C=O) groups excluding carboxylic acids is 2. The number of amides is 2. The molecule has 0 aromatic rings. The summed E-state index contributed by atoms with van der Waals surface area (Å²) in [6.45, 7) is 1.75. The van der Waals surface area contributed by atoms with Crippen LogP contribution >= 0.6 is 0 Å². The first-order chi connectivity index (χ1) is 6.74. The highest BCUT2D eigenvalue weighted by molar-refractivity contribution is 5.83. The van der Waals surface area contributed by atoms with Gasteiger partial charge in [0.25, 0.3) is 0 Å². The molecule has 0 saturated heterocycles. The molecule has 2 N–H and O–H groups in total. The summed E-state index contributed by atoms with van der Waals surface area (Å²) in [7, 11) is 0. The fourth-order valence-electron chi connectivity index (χ4n) is 1.69. The van der Waals surface area contributed by atoms with Crippen LogP contribution in [0, 0.1) is 5.92 Å². The maximum Gasteiger partial charge on any atom is 0.241 e. The Balaban J connectivity index is 2.23. The van der Waals surface area contributed by atoms with Crippen LogP contribution in [0.3, 0.4) is 0 Å². The Morgan fingerprint density at radius 2 is 1.79 bits per heavy atom. The number of hydrazine groups is 1. The summed E-state index contributed by atoms with van der Waals surface area (Å²) in [5, 5.41) is 0. The van der Waals surface area contributed by atoms with Gasteiger partial charge in [-0.3, -0.25) is 20.4 Å². The largest absolute Gasteiger partial charge is 0.273 e. The Morgan fingerprint density at radius 1 is 1.14 bits per heavy atom. The van der Waals surface area contributed by atoms with E-state index in [-0.39, 0.29) is 17.7 Å². The predicted octanol–water partition coefficient (Wildman–Crippen LogP) is 1.12. The predicted molar refractivity (Wildman–Crippen MR) is 53.2 cm³/mol. The number of carbonyl (C=O) groups is 2. The van der Waals surface area contributed by atoms with Crippen molar-refractivity contribution in [3.05, 3.63) is 0 Å². The standard InChI is InChI=1S/C10H18N2O2/c1-2-9(13)11-12-10(14)8-6-4-3-5-7-8/h8H,2-7H2,1H3,(H,11,13)(H,12,14). The van der Waals surface area contributed by atoms with Gasteiger partial charge in [0.15, 0.2) is 0 Å². The lowest BCUT2D eigenvalue weighted by molar-refractivity contribution is -0.131. The summed E-state index contributed by atoms with van der Waals surface area (Å²) in [5.74, 6) is -0.0819. The van der Waals surface area contributed by atoms with Crippen molar-refractivity contribution in [2.24, 2.45) is 5.92 Å². The number of nitrogens with one attached hydrogen (secondary N) is 2. The number of hydrogen-bond acceptors (Lipinski definition) is 2. The molecule has 14 heavy (non-hydrogen) atoms. The fourth-order valence-corrected chi connectivity index (χ4v) is 1.69. The van der Waals surface area contributed by atoms with Crippen molar-refractivity contribution < 1.29 is 9.59 Å². The quantitative estimate of drug-likeness (QED) is 0.653. The van der Waals surface area contributed by atoms with Gasteiger partial charge in [-0.05, 0) is 12.8 Å². The average Bonchev–Trinajstić information content (AvgIpc) is 2.26. The van der Waals surface area contributed by atoms with Gasteiger partial charge in [-0.1, -0.05) is 26.2 Å². The van der Waals surface area contributed by atoms with Gasteiger partial charge in [0.1, 0.15) is 0 Å². The van der Waals surface area contributed by atoms with Gasteiger partial charge in [0.05, 0.1) is 0 Å². The third-order valence-electron chi connectivity index (χ3n) is 2.62. The van der Waals surface area contributed by atoms with Gasteiger partial charge in [-0.2, -0.15) is 0 Å². The molecule has 1 aliphatic carbocycles.